The maximum absolute atomic E-state index is 13.0. The van der Waals surface area contributed by atoms with Crippen LogP contribution < -0.4 is 10.0 Å². The zero-order valence-corrected chi connectivity index (χ0v) is 19.8. The van der Waals surface area contributed by atoms with E-state index in [9.17, 15) is 26.4 Å². The van der Waals surface area contributed by atoms with Crippen LogP contribution >= 0.6 is 0 Å². The largest absolute Gasteiger partial charge is 0.478 e. The van der Waals surface area contributed by atoms with E-state index in [-0.39, 0.29) is 29.4 Å². The van der Waals surface area contributed by atoms with Crippen molar-refractivity contribution < 1.29 is 45.7 Å². The fourth-order valence-corrected chi connectivity index (χ4v) is 4.99. The number of sulfonamides is 1. The van der Waals surface area contributed by atoms with Gasteiger partial charge in [-0.15, -0.1) is 0 Å². The lowest BCUT2D eigenvalue weighted by atomic mass is 9.98. The molecule has 0 bridgehead atoms. The highest BCUT2D eigenvalue weighted by molar-refractivity contribution is 7.89. The molecule has 3 N–H and O–H groups in total. The van der Waals surface area contributed by atoms with Gasteiger partial charge >= 0.3 is 12.1 Å². The number of halogens is 3. The van der Waals surface area contributed by atoms with Crippen molar-refractivity contribution in [2.75, 3.05) is 18.5 Å². The summed E-state index contributed by atoms with van der Waals surface area (Å²) in [6.07, 6.45) is -5.16. The molecule has 0 saturated carbocycles. The first-order valence-electron chi connectivity index (χ1n) is 10.7. The molecule has 3 heterocycles. The Kier molecular flexibility index (Phi) is 6.96. The van der Waals surface area contributed by atoms with Crippen molar-refractivity contribution in [3.05, 3.63) is 47.9 Å². The Bertz CT molecular complexity index is 1220. The van der Waals surface area contributed by atoms with Crippen LogP contribution in [0.25, 0.3) is 0 Å². The molecule has 0 radical (unpaired) electrons. The fraction of sp³-hybridized carbons (Fsp3) is 0.476. The Hall–Kier alpha value is -2.85. The zero-order valence-electron chi connectivity index (χ0n) is 19.0. The summed E-state index contributed by atoms with van der Waals surface area (Å²) in [5, 5.41) is 11.8. The molecule has 4 rings (SSSR count). The van der Waals surface area contributed by atoms with Gasteiger partial charge in [-0.3, -0.25) is 4.98 Å². The van der Waals surface area contributed by atoms with Crippen LogP contribution in [0.2, 0.25) is 0 Å². The molecule has 0 unspecified atom stereocenters. The second-order valence-electron chi connectivity index (χ2n) is 8.66. The van der Waals surface area contributed by atoms with Crippen LogP contribution in [-0.2, 0) is 30.4 Å². The Balaban J connectivity index is 1.46. The summed E-state index contributed by atoms with van der Waals surface area (Å²) < 4.78 is 84.4. The Morgan fingerprint density at radius 3 is 2.47 bits per heavy atom. The summed E-state index contributed by atoms with van der Waals surface area (Å²) in [4.78, 5) is 18.0. The third-order valence-electron chi connectivity index (χ3n) is 5.56. The van der Waals surface area contributed by atoms with E-state index in [0.717, 1.165) is 6.20 Å². The van der Waals surface area contributed by atoms with E-state index in [1.807, 2.05) is 0 Å². The number of benzene rings is 1. The second kappa shape index (κ2) is 9.55. The zero-order chi connectivity index (χ0) is 26.3. The predicted octanol–water partition coefficient (Wildman–Crippen LogP) is 1.87. The lowest BCUT2D eigenvalue weighted by molar-refractivity contribution is -0.153. The maximum Gasteiger partial charge on any atom is 0.434 e. The van der Waals surface area contributed by atoms with Crippen LogP contribution in [0.1, 0.15) is 29.9 Å². The van der Waals surface area contributed by atoms with Gasteiger partial charge in [-0.25, -0.2) is 22.9 Å². The molecule has 2 aliphatic rings. The van der Waals surface area contributed by atoms with Crippen molar-refractivity contribution in [3.63, 3.8) is 0 Å². The summed E-state index contributed by atoms with van der Waals surface area (Å²) >= 11 is 0. The van der Waals surface area contributed by atoms with E-state index in [1.165, 1.54) is 24.3 Å². The van der Waals surface area contributed by atoms with Gasteiger partial charge in [0, 0.05) is 6.54 Å². The van der Waals surface area contributed by atoms with Crippen molar-refractivity contribution in [1.82, 2.24) is 14.7 Å². The first-order chi connectivity index (χ1) is 16.7. The number of hydrogen-bond donors (Lipinski definition) is 3. The number of nitrogens with zero attached hydrogens (tertiary/aromatic N) is 2. The van der Waals surface area contributed by atoms with Gasteiger partial charge in [0.05, 0.1) is 35.5 Å². The lowest BCUT2D eigenvalue weighted by Gasteiger charge is -2.37. The standard InChI is InChI=1S/C21H23F3N4O7S/c1-20(2)34-17-13(27-16-9-25-8-15(28-16)21(22,23)24)10-33-14(18(17)35-20)7-26-36(31,32)12-5-3-11(4-6-12)19(29)30/h3-6,8-9,13-14,17-18,26H,7,10H2,1-2H3,(H,27,28)(H,29,30)/t13-,14+,17+,18-/m0/s1. The van der Waals surface area contributed by atoms with Gasteiger partial charge in [-0.05, 0) is 38.1 Å². The third kappa shape index (κ3) is 5.75. The van der Waals surface area contributed by atoms with Gasteiger partial charge in [-0.2, -0.15) is 13.2 Å². The van der Waals surface area contributed by atoms with E-state index >= 15 is 0 Å². The van der Waals surface area contributed by atoms with Gasteiger partial charge < -0.3 is 24.6 Å². The topological polar surface area (TPSA) is 149 Å². The molecule has 2 aromatic rings. The highest BCUT2D eigenvalue weighted by Gasteiger charge is 2.52. The minimum absolute atomic E-state index is 0.0434. The van der Waals surface area contributed by atoms with Crippen LogP contribution in [0.15, 0.2) is 41.6 Å². The smallest absolute Gasteiger partial charge is 0.434 e. The molecule has 0 aliphatic carbocycles. The Labute approximate surface area is 204 Å². The second-order valence-corrected chi connectivity index (χ2v) is 10.4. The molecule has 1 aromatic heterocycles. The number of aromatic nitrogens is 2. The number of carboxylic acids is 1. The molecule has 36 heavy (non-hydrogen) atoms. The number of rotatable bonds is 7. The summed E-state index contributed by atoms with van der Waals surface area (Å²) in [5.41, 5.74) is -1.22. The minimum Gasteiger partial charge on any atom is -0.478 e. The van der Waals surface area contributed by atoms with Crippen molar-refractivity contribution in [1.29, 1.82) is 0 Å². The molecule has 2 aliphatic heterocycles. The van der Waals surface area contributed by atoms with Crippen LogP contribution in [-0.4, -0.2) is 72.8 Å². The van der Waals surface area contributed by atoms with Crippen LogP contribution in [0.5, 0.6) is 0 Å². The monoisotopic (exact) mass is 532 g/mol. The van der Waals surface area contributed by atoms with E-state index in [1.54, 1.807) is 13.8 Å². The van der Waals surface area contributed by atoms with Gasteiger partial charge in [-0.1, -0.05) is 0 Å². The molecule has 2 saturated heterocycles. The van der Waals surface area contributed by atoms with Crippen molar-refractivity contribution in [2.24, 2.45) is 0 Å². The maximum atomic E-state index is 13.0. The molecule has 1 aromatic carbocycles. The fourth-order valence-electron chi connectivity index (χ4n) is 3.95. The Morgan fingerprint density at radius 1 is 1.17 bits per heavy atom. The van der Waals surface area contributed by atoms with E-state index in [4.69, 9.17) is 19.3 Å². The lowest BCUT2D eigenvalue weighted by Crippen LogP contribution is -2.57. The SMILES string of the molecule is CC1(C)O[C@@H]2[C@H](O1)[C@@H](Nc1cncc(C(F)(F)F)n1)CO[C@@H]2CNS(=O)(=O)c1ccc(C(=O)O)cc1. The first kappa shape index (κ1) is 26.2. The average Bonchev–Trinajstić information content (AvgIpc) is 3.14. The average molecular weight is 532 g/mol. The van der Waals surface area contributed by atoms with Crippen molar-refractivity contribution in [2.45, 2.75) is 55.1 Å². The normalized spacial score (nSPS) is 25.8. The summed E-state index contributed by atoms with van der Waals surface area (Å²) in [6.45, 7) is 3.06. The summed E-state index contributed by atoms with van der Waals surface area (Å²) in [6, 6.07) is 4.03. The van der Waals surface area contributed by atoms with Gasteiger partial charge in [0.25, 0.3) is 0 Å². The van der Waals surface area contributed by atoms with E-state index in [2.05, 4.69) is 20.0 Å². The molecule has 0 spiro atoms. The molecule has 4 atom stereocenters. The van der Waals surface area contributed by atoms with E-state index in [0.29, 0.717) is 6.20 Å². The van der Waals surface area contributed by atoms with Crippen LogP contribution in [0, 0.1) is 0 Å². The van der Waals surface area contributed by atoms with Crippen LogP contribution in [0.3, 0.4) is 0 Å². The summed E-state index contributed by atoms with van der Waals surface area (Å²) in [5.74, 6) is -2.38. The molecule has 0 amide bonds. The van der Waals surface area contributed by atoms with E-state index < -0.39 is 58.0 Å². The third-order valence-corrected chi connectivity index (χ3v) is 7.00. The van der Waals surface area contributed by atoms with Crippen molar-refractivity contribution in [3.8, 4) is 0 Å². The molecule has 11 nitrogen and oxygen atoms in total. The minimum atomic E-state index is -4.67. The number of fused-ring (bicyclic) bond motifs is 1. The number of aromatic carboxylic acids is 1. The van der Waals surface area contributed by atoms with Gasteiger partial charge in [0.15, 0.2) is 11.5 Å². The van der Waals surface area contributed by atoms with Crippen molar-refractivity contribution >= 4 is 21.8 Å². The molecule has 15 heteroatoms. The van der Waals surface area contributed by atoms with Crippen LogP contribution in [0.4, 0.5) is 19.0 Å². The predicted molar refractivity (Wildman–Crippen MR) is 117 cm³/mol. The summed E-state index contributed by atoms with van der Waals surface area (Å²) in [7, 11) is -4.00. The number of ether oxygens (including phenoxy) is 3. The first-order valence-corrected chi connectivity index (χ1v) is 12.2. The number of carbonyl (C=O) groups is 1. The van der Waals surface area contributed by atoms with Gasteiger partial charge in [0.1, 0.15) is 24.1 Å². The quantitative estimate of drug-likeness (QED) is 0.482. The molecule has 196 valence electrons. The number of carboxylic acid groups (broad SMARTS) is 1. The number of hydrogen-bond acceptors (Lipinski definition) is 9. The van der Waals surface area contributed by atoms with Gasteiger partial charge in [0.2, 0.25) is 10.0 Å². The molecule has 2 fully saturated rings. The Morgan fingerprint density at radius 2 is 1.83 bits per heavy atom. The number of nitrogens with one attached hydrogen (secondary N) is 2. The molecular weight excluding hydrogens is 509 g/mol. The molecular formula is C21H23F3N4O7S. The highest BCUT2D eigenvalue weighted by Crippen LogP contribution is 2.36. The number of anilines is 1. The highest BCUT2D eigenvalue weighted by atomic mass is 32.2. The number of alkyl halides is 3.